The van der Waals surface area contributed by atoms with Gasteiger partial charge in [0.15, 0.2) is 0 Å². The van der Waals surface area contributed by atoms with Crippen LogP contribution in [0.3, 0.4) is 0 Å². The number of hydrogen-bond acceptors (Lipinski definition) is 2. The molecular formula is C13H23NO. The Bertz CT molecular complexity index is 223. The summed E-state index contributed by atoms with van der Waals surface area (Å²) in [5, 5.41) is 0. The molecule has 2 heteroatoms. The van der Waals surface area contributed by atoms with Crippen molar-refractivity contribution >= 4 is 0 Å². The van der Waals surface area contributed by atoms with Crippen LogP contribution in [-0.4, -0.2) is 37.2 Å². The lowest BCUT2D eigenvalue weighted by Gasteiger charge is -2.46. The molecule has 0 radical (unpaired) electrons. The van der Waals surface area contributed by atoms with Gasteiger partial charge in [-0.3, -0.25) is 4.90 Å². The third-order valence-electron chi connectivity index (χ3n) is 4.84. The molecule has 2 aliphatic heterocycles. The minimum Gasteiger partial charge on any atom is -0.378 e. The minimum absolute atomic E-state index is 0.765. The first kappa shape index (κ1) is 10.1. The van der Waals surface area contributed by atoms with Crippen molar-refractivity contribution in [2.75, 3.05) is 26.3 Å². The van der Waals surface area contributed by atoms with Crippen LogP contribution >= 0.6 is 0 Å². The fourth-order valence-electron chi connectivity index (χ4n) is 4.12. The van der Waals surface area contributed by atoms with Crippen molar-refractivity contribution in [3.8, 4) is 0 Å². The lowest BCUT2D eigenvalue weighted by Crippen LogP contribution is -2.55. The Morgan fingerprint density at radius 3 is 2.07 bits per heavy atom. The number of nitrogens with zero attached hydrogens (tertiary/aromatic N) is 1. The molecule has 0 spiro atoms. The average Bonchev–Trinajstić information content (AvgIpc) is 2.36. The van der Waals surface area contributed by atoms with Gasteiger partial charge in [-0.1, -0.05) is 13.8 Å². The summed E-state index contributed by atoms with van der Waals surface area (Å²) in [4.78, 5) is 2.71. The largest absolute Gasteiger partial charge is 0.378 e. The predicted molar refractivity (Wildman–Crippen MR) is 60.7 cm³/mol. The van der Waals surface area contributed by atoms with E-state index in [4.69, 9.17) is 4.74 Å². The van der Waals surface area contributed by atoms with E-state index in [1.165, 1.54) is 25.9 Å². The number of fused-ring (bicyclic) bond motifs is 2. The second-order valence-electron chi connectivity index (χ2n) is 6.06. The van der Waals surface area contributed by atoms with Crippen LogP contribution in [0.1, 0.15) is 26.7 Å². The fourth-order valence-corrected chi connectivity index (χ4v) is 4.12. The third kappa shape index (κ3) is 1.62. The number of piperidine rings is 1. The first-order valence-corrected chi connectivity index (χ1v) is 6.57. The van der Waals surface area contributed by atoms with Crippen LogP contribution in [0, 0.1) is 23.7 Å². The molecule has 1 aliphatic carbocycles. The van der Waals surface area contributed by atoms with E-state index in [0.717, 1.165) is 42.9 Å². The van der Waals surface area contributed by atoms with Gasteiger partial charge in [0.05, 0.1) is 19.3 Å². The van der Waals surface area contributed by atoms with Crippen molar-refractivity contribution < 1.29 is 4.74 Å². The second-order valence-corrected chi connectivity index (χ2v) is 6.06. The molecule has 0 aromatic rings. The van der Waals surface area contributed by atoms with Crippen LogP contribution in [0.15, 0.2) is 0 Å². The molecule has 0 N–H and O–H groups in total. The van der Waals surface area contributed by atoms with Crippen LogP contribution in [0.25, 0.3) is 0 Å². The fraction of sp³-hybridized carbons (Fsp3) is 1.00. The van der Waals surface area contributed by atoms with Crippen molar-refractivity contribution in [2.24, 2.45) is 23.7 Å². The van der Waals surface area contributed by atoms with Crippen molar-refractivity contribution in [1.82, 2.24) is 4.90 Å². The van der Waals surface area contributed by atoms with Gasteiger partial charge in [0.2, 0.25) is 0 Å². The summed E-state index contributed by atoms with van der Waals surface area (Å²) in [6, 6.07) is 0.765. The average molecular weight is 209 g/mol. The topological polar surface area (TPSA) is 12.5 Å². The van der Waals surface area contributed by atoms with Gasteiger partial charge in [0.1, 0.15) is 0 Å². The Hall–Kier alpha value is -0.0800. The maximum atomic E-state index is 5.31. The SMILES string of the molecule is CC(C)C1C2CCC1CN(C1COC1)C2. The van der Waals surface area contributed by atoms with Gasteiger partial charge in [-0.2, -0.15) is 0 Å². The standard InChI is InChI=1S/C13H23NO/c1-9(2)13-10-3-4-11(13)6-14(5-10)12-7-15-8-12/h9-13H,3-8H2,1-2H3. The van der Waals surface area contributed by atoms with Crippen molar-refractivity contribution in [3.05, 3.63) is 0 Å². The number of hydrogen-bond donors (Lipinski definition) is 0. The predicted octanol–water partition coefficient (Wildman–Crippen LogP) is 2.00. The lowest BCUT2D eigenvalue weighted by atomic mass is 9.77. The zero-order chi connectivity index (χ0) is 10.4. The van der Waals surface area contributed by atoms with Gasteiger partial charge in [-0.15, -0.1) is 0 Å². The summed E-state index contributed by atoms with van der Waals surface area (Å²) in [5.74, 6) is 3.89. The molecule has 15 heavy (non-hydrogen) atoms. The Balaban J connectivity index is 1.68. The van der Waals surface area contributed by atoms with Gasteiger partial charge in [0, 0.05) is 13.1 Å². The van der Waals surface area contributed by atoms with Crippen LogP contribution < -0.4 is 0 Å². The molecule has 3 aliphatic rings. The molecule has 86 valence electrons. The van der Waals surface area contributed by atoms with Crippen molar-refractivity contribution in [3.63, 3.8) is 0 Å². The highest BCUT2D eigenvalue weighted by molar-refractivity contribution is 4.96. The number of likely N-dealkylation sites (tertiary alicyclic amines) is 1. The van der Waals surface area contributed by atoms with Crippen LogP contribution in [0.2, 0.25) is 0 Å². The Labute approximate surface area is 93.0 Å². The molecule has 2 nitrogen and oxygen atoms in total. The zero-order valence-electron chi connectivity index (χ0n) is 9.98. The first-order valence-electron chi connectivity index (χ1n) is 6.57. The highest BCUT2D eigenvalue weighted by atomic mass is 16.5. The van der Waals surface area contributed by atoms with Crippen molar-refractivity contribution in [1.29, 1.82) is 0 Å². The summed E-state index contributed by atoms with van der Waals surface area (Å²) in [6.45, 7) is 9.52. The maximum absolute atomic E-state index is 5.31. The molecule has 2 unspecified atom stereocenters. The van der Waals surface area contributed by atoms with E-state index in [1.54, 1.807) is 0 Å². The third-order valence-corrected chi connectivity index (χ3v) is 4.84. The summed E-state index contributed by atoms with van der Waals surface area (Å²) < 4.78 is 5.31. The molecule has 0 aromatic heterocycles. The monoisotopic (exact) mass is 209 g/mol. The molecule has 3 rings (SSSR count). The van der Waals surface area contributed by atoms with E-state index in [-0.39, 0.29) is 0 Å². The summed E-state index contributed by atoms with van der Waals surface area (Å²) in [5.41, 5.74) is 0. The van der Waals surface area contributed by atoms with Crippen molar-refractivity contribution in [2.45, 2.75) is 32.7 Å². The van der Waals surface area contributed by atoms with Crippen LogP contribution in [0.5, 0.6) is 0 Å². The zero-order valence-corrected chi connectivity index (χ0v) is 9.98. The minimum atomic E-state index is 0.765. The normalized spacial score (nSPS) is 42.2. The van der Waals surface area contributed by atoms with Gasteiger partial charge in [-0.25, -0.2) is 0 Å². The molecule has 2 atom stereocenters. The first-order chi connectivity index (χ1) is 7.25. The Morgan fingerprint density at radius 1 is 1.07 bits per heavy atom. The lowest BCUT2D eigenvalue weighted by molar-refractivity contribution is -0.0882. The molecule has 1 saturated carbocycles. The quantitative estimate of drug-likeness (QED) is 0.689. The molecule has 2 saturated heterocycles. The summed E-state index contributed by atoms with van der Waals surface area (Å²) in [6.07, 6.45) is 2.97. The summed E-state index contributed by atoms with van der Waals surface area (Å²) >= 11 is 0. The Morgan fingerprint density at radius 2 is 1.67 bits per heavy atom. The van der Waals surface area contributed by atoms with Gasteiger partial charge < -0.3 is 4.74 Å². The maximum Gasteiger partial charge on any atom is 0.0645 e. The molecule has 2 heterocycles. The van der Waals surface area contributed by atoms with E-state index < -0.39 is 0 Å². The Kier molecular flexibility index (Phi) is 2.52. The number of ether oxygens (including phenoxy) is 1. The highest BCUT2D eigenvalue weighted by Gasteiger charge is 2.45. The van der Waals surface area contributed by atoms with Gasteiger partial charge in [0.25, 0.3) is 0 Å². The smallest absolute Gasteiger partial charge is 0.0645 e. The molecule has 0 amide bonds. The van der Waals surface area contributed by atoms with E-state index in [2.05, 4.69) is 18.7 Å². The molecular weight excluding hydrogens is 186 g/mol. The molecule has 0 aromatic carbocycles. The summed E-state index contributed by atoms with van der Waals surface area (Å²) in [7, 11) is 0. The van der Waals surface area contributed by atoms with Gasteiger partial charge in [-0.05, 0) is 36.5 Å². The van der Waals surface area contributed by atoms with Gasteiger partial charge >= 0.3 is 0 Å². The van der Waals surface area contributed by atoms with Crippen LogP contribution in [-0.2, 0) is 4.74 Å². The molecule has 3 fully saturated rings. The van der Waals surface area contributed by atoms with E-state index in [9.17, 15) is 0 Å². The number of rotatable bonds is 2. The highest BCUT2D eigenvalue weighted by Crippen LogP contribution is 2.46. The van der Waals surface area contributed by atoms with E-state index >= 15 is 0 Å². The van der Waals surface area contributed by atoms with E-state index in [1.807, 2.05) is 0 Å². The second kappa shape index (κ2) is 3.74. The van der Waals surface area contributed by atoms with Crippen LogP contribution in [0.4, 0.5) is 0 Å². The van der Waals surface area contributed by atoms with E-state index in [0.29, 0.717) is 0 Å². The molecule has 2 bridgehead atoms.